The first-order valence-corrected chi connectivity index (χ1v) is 10.1. The van der Waals surface area contributed by atoms with Crippen molar-refractivity contribution in [1.82, 2.24) is 4.90 Å². The van der Waals surface area contributed by atoms with E-state index in [1.54, 1.807) is 42.5 Å². The van der Waals surface area contributed by atoms with E-state index < -0.39 is 0 Å². The molecule has 0 radical (unpaired) electrons. The Bertz CT molecular complexity index is 964. The van der Waals surface area contributed by atoms with Gasteiger partial charge in [0.1, 0.15) is 17.3 Å². The van der Waals surface area contributed by atoms with Crippen LogP contribution in [0.2, 0.25) is 0 Å². The third-order valence-electron chi connectivity index (χ3n) is 5.39. The quantitative estimate of drug-likeness (QED) is 0.364. The Labute approximate surface area is 181 Å². The second-order valence-electron chi connectivity index (χ2n) is 7.39. The number of hydrogen-bond donors (Lipinski definition) is 1. The number of nitrogens with zero attached hydrogens (tertiary/aromatic N) is 3. The summed E-state index contributed by atoms with van der Waals surface area (Å²) < 4.78 is 27.0. The van der Waals surface area contributed by atoms with Crippen molar-refractivity contribution in [2.24, 2.45) is 5.18 Å². The molecule has 0 aliphatic heterocycles. The SMILES string of the molecule is CCN(CCN(C)c1ccc(N=O)cc1N)C(c1ccc(F)cc1)c1ccc(F)cc1. The lowest BCUT2D eigenvalue weighted by Crippen LogP contribution is -2.36. The number of halogens is 2. The summed E-state index contributed by atoms with van der Waals surface area (Å²) >= 11 is 0. The van der Waals surface area contributed by atoms with Gasteiger partial charge in [0.2, 0.25) is 0 Å². The molecule has 0 bridgehead atoms. The van der Waals surface area contributed by atoms with Crippen LogP contribution in [0.15, 0.2) is 71.9 Å². The van der Waals surface area contributed by atoms with Gasteiger partial charge in [-0.1, -0.05) is 31.2 Å². The van der Waals surface area contributed by atoms with Crippen molar-refractivity contribution in [2.75, 3.05) is 37.3 Å². The highest BCUT2D eigenvalue weighted by molar-refractivity contribution is 5.71. The van der Waals surface area contributed by atoms with Crippen LogP contribution in [0, 0.1) is 16.5 Å². The summed E-state index contributed by atoms with van der Waals surface area (Å²) in [6.07, 6.45) is 0. The Morgan fingerprint density at radius 3 is 1.90 bits per heavy atom. The Hall–Kier alpha value is -3.32. The lowest BCUT2D eigenvalue weighted by Gasteiger charge is -2.33. The maximum atomic E-state index is 13.5. The van der Waals surface area contributed by atoms with Crippen molar-refractivity contribution in [3.8, 4) is 0 Å². The molecular formula is C24H26F2N4O. The summed E-state index contributed by atoms with van der Waals surface area (Å²) in [6, 6.07) is 17.6. The van der Waals surface area contributed by atoms with Crippen LogP contribution in [0.25, 0.3) is 0 Å². The molecule has 3 aromatic rings. The molecule has 0 atom stereocenters. The van der Waals surface area contributed by atoms with Gasteiger partial charge in [-0.25, -0.2) is 8.78 Å². The van der Waals surface area contributed by atoms with Crippen LogP contribution in [0.1, 0.15) is 24.1 Å². The van der Waals surface area contributed by atoms with Gasteiger partial charge in [0.05, 0.1) is 17.4 Å². The summed E-state index contributed by atoms with van der Waals surface area (Å²) in [6.45, 7) is 4.13. The number of nitrogens with two attached hydrogens (primary N) is 1. The minimum atomic E-state index is -0.298. The smallest absolute Gasteiger partial charge is 0.123 e. The Balaban J connectivity index is 1.84. The lowest BCUT2D eigenvalue weighted by atomic mass is 9.96. The minimum Gasteiger partial charge on any atom is -0.397 e. The zero-order valence-corrected chi connectivity index (χ0v) is 17.6. The van der Waals surface area contributed by atoms with E-state index in [1.165, 1.54) is 24.3 Å². The fraction of sp³-hybridized carbons (Fsp3) is 0.250. The molecule has 0 spiro atoms. The lowest BCUT2D eigenvalue weighted by molar-refractivity contribution is 0.243. The fourth-order valence-electron chi connectivity index (χ4n) is 3.72. The highest BCUT2D eigenvalue weighted by Crippen LogP contribution is 2.30. The molecule has 3 rings (SSSR count). The predicted molar refractivity (Wildman–Crippen MR) is 121 cm³/mol. The zero-order chi connectivity index (χ0) is 22.4. The van der Waals surface area contributed by atoms with Crippen LogP contribution in [0.4, 0.5) is 25.8 Å². The van der Waals surface area contributed by atoms with Crippen molar-refractivity contribution < 1.29 is 8.78 Å². The maximum absolute atomic E-state index is 13.5. The number of anilines is 2. The normalized spacial score (nSPS) is 11.2. The van der Waals surface area contributed by atoms with Gasteiger partial charge in [0.15, 0.2) is 0 Å². The molecule has 7 heteroatoms. The van der Waals surface area contributed by atoms with E-state index in [-0.39, 0.29) is 23.4 Å². The molecule has 31 heavy (non-hydrogen) atoms. The maximum Gasteiger partial charge on any atom is 0.123 e. The predicted octanol–water partition coefficient (Wildman–Crippen LogP) is 5.49. The summed E-state index contributed by atoms with van der Waals surface area (Å²) in [5, 5.41) is 2.91. The standard InChI is InChI=1S/C24H26F2N4O/c1-3-30(15-14-29(2)23-13-12-21(28-31)16-22(23)27)24(17-4-8-19(25)9-5-17)18-6-10-20(26)11-7-18/h4-13,16,24H,3,14-15,27H2,1-2H3. The van der Waals surface area contributed by atoms with E-state index in [0.29, 0.717) is 18.8 Å². The molecule has 3 aromatic carbocycles. The Morgan fingerprint density at radius 1 is 0.903 bits per heavy atom. The Kier molecular flexibility index (Phi) is 7.31. The highest BCUT2D eigenvalue weighted by Gasteiger charge is 2.22. The second-order valence-corrected chi connectivity index (χ2v) is 7.39. The summed E-state index contributed by atoms with van der Waals surface area (Å²) in [4.78, 5) is 15.0. The van der Waals surface area contributed by atoms with E-state index in [9.17, 15) is 13.7 Å². The van der Waals surface area contributed by atoms with Gasteiger partial charge >= 0.3 is 0 Å². The topological polar surface area (TPSA) is 61.9 Å². The van der Waals surface area contributed by atoms with E-state index in [4.69, 9.17) is 5.73 Å². The molecule has 0 aliphatic carbocycles. The van der Waals surface area contributed by atoms with Crippen LogP contribution in [0.5, 0.6) is 0 Å². The van der Waals surface area contributed by atoms with E-state index >= 15 is 0 Å². The molecule has 0 unspecified atom stereocenters. The van der Waals surface area contributed by atoms with Gasteiger partial charge in [-0.2, -0.15) is 0 Å². The average Bonchev–Trinajstić information content (AvgIpc) is 2.78. The largest absolute Gasteiger partial charge is 0.397 e. The van der Waals surface area contributed by atoms with Crippen molar-refractivity contribution in [2.45, 2.75) is 13.0 Å². The first kappa shape index (κ1) is 22.4. The van der Waals surface area contributed by atoms with Crippen LogP contribution >= 0.6 is 0 Å². The first-order valence-electron chi connectivity index (χ1n) is 10.1. The van der Waals surface area contributed by atoms with Gasteiger partial charge < -0.3 is 10.6 Å². The van der Waals surface area contributed by atoms with E-state index in [2.05, 4.69) is 17.0 Å². The van der Waals surface area contributed by atoms with Crippen LogP contribution in [0.3, 0.4) is 0 Å². The molecular weight excluding hydrogens is 398 g/mol. The number of nitroso groups, excluding NO2 is 1. The molecule has 0 saturated heterocycles. The average molecular weight is 424 g/mol. The number of rotatable bonds is 9. The van der Waals surface area contributed by atoms with E-state index in [0.717, 1.165) is 23.4 Å². The van der Waals surface area contributed by atoms with Gasteiger partial charge in [-0.15, -0.1) is 4.91 Å². The number of nitrogen functional groups attached to an aromatic ring is 1. The molecule has 0 saturated carbocycles. The molecule has 0 aliphatic rings. The van der Waals surface area contributed by atoms with Crippen molar-refractivity contribution >= 4 is 17.1 Å². The zero-order valence-electron chi connectivity index (χ0n) is 17.6. The first-order chi connectivity index (χ1) is 14.9. The fourth-order valence-corrected chi connectivity index (χ4v) is 3.72. The molecule has 5 nitrogen and oxygen atoms in total. The number of hydrogen-bond acceptors (Lipinski definition) is 5. The van der Waals surface area contributed by atoms with Crippen LogP contribution < -0.4 is 10.6 Å². The van der Waals surface area contributed by atoms with Crippen LogP contribution in [-0.4, -0.2) is 31.6 Å². The van der Waals surface area contributed by atoms with Gasteiger partial charge in [-0.3, -0.25) is 4.90 Å². The van der Waals surface area contributed by atoms with Crippen molar-refractivity contribution in [1.29, 1.82) is 0 Å². The monoisotopic (exact) mass is 424 g/mol. The Morgan fingerprint density at radius 2 is 1.45 bits per heavy atom. The second kappa shape index (κ2) is 10.1. The summed E-state index contributed by atoms with van der Waals surface area (Å²) in [5.41, 5.74) is 9.52. The summed E-state index contributed by atoms with van der Waals surface area (Å²) in [5.74, 6) is -0.596. The number of likely N-dealkylation sites (N-methyl/N-ethyl adjacent to an activating group) is 2. The van der Waals surface area contributed by atoms with Crippen LogP contribution in [-0.2, 0) is 0 Å². The minimum absolute atomic E-state index is 0.154. The van der Waals surface area contributed by atoms with Gasteiger partial charge in [-0.05, 0) is 65.3 Å². The van der Waals surface area contributed by atoms with Crippen molar-refractivity contribution in [3.63, 3.8) is 0 Å². The van der Waals surface area contributed by atoms with Gasteiger partial charge in [0.25, 0.3) is 0 Å². The van der Waals surface area contributed by atoms with E-state index in [1.807, 2.05) is 11.9 Å². The third kappa shape index (κ3) is 5.44. The summed E-state index contributed by atoms with van der Waals surface area (Å²) in [7, 11) is 1.93. The molecule has 0 aromatic heterocycles. The highest BCUT2D eigenvalue weighted by atomic mass is 19.1. The third-order valence-corrected chi connectivity index (χ3v) is 5.39. The molecule has 0 fully saturated rings. The van der Waals surface area contributed by atoms with Crippen molar-refractivity contribution in [3.05, 3.63) is 94.4 Å². The molecule has 0 amide bonds. The molecule has 2 N–H and O–H groups in total. The molecule has 0 heterocycles. The number of benzene rings is 3. The van der Waals surface area contributed by atoms with Gasteiger partial charge in [0, 0.05) is 20.1 Å². The molecule has 162 valence electrons.